The van der Waals surface area contributed by atoms with Crippen molar-refractivity contribution < 1.29 is 9.59 Å². The van der Waals surface area contributed by atoms with E-state index in [1.165, 1.54) is 11.1 Å². The maximum absolute atomic E-state index is 12.7. The van der Waals surface area contributed by atoms with E-state index in [1.807, 2.05) is 41.3 Å². The fourth-order valence-corrected chi connectivity index (χ4v) is 3.97. The molecule has 0 saturated carbocycles. The van der Waals surface area contributed by atoms with Crippen LogP contribution in [-0.4, -0.2) is 52.8 Å². The van der Waals surface area contributed by atoms with Crippen molar-refractivity contribution in [2.75, 3.05) is 26.2 Å². The molecule has 0 atom stereocenters. The van der Waals surface area contributed by atoms with Gasteiger partial charge in [0.15, 0.2) is 0 Å². The average molecular weight is 384 g/mol. The Morgan fingerprint density at radius 2 is 1.74 bits per heavy atom. The number of carbonyl (C=O) groups excluding carboxylic acids is 2. The summed E-state index contributed by atoms with van der Waals surface area (Å²) in [6.45, 7) is 3.21. The lowest BCUT2D eigenvalue weighted by atomic mass is 10.00. The Hall–Kier alpha value is -2.53. The van der Waals surface area contributed by atoms with E-state index in [0.29, 0.717) is 37.7 Å². The molecule has 1 saturated heterocycles. The minimum Gasteiger partial charge on any atom is -0.336 e. The first-order valence-electron chi connectivity index (χ1n) is 9.23. The molecule has 0 aromatic heterocycles. The second-order valence-corrected chi connectivity index (χ2v) is 7.53. The Labute approximate surface area is 164 Å². The molecule has 0 N–H and O–H groups in total. The van der Waals surface area contributed by atoms with Crippen LogP contribution in [0.5, 0.6) is 0 Å². The van der Waals surface area contributed by atoms with Crippen molar-refractivity contribution in [3.05, 3.63) is 70.2 Å². The van der Waals surface area contributed by atoms with Crippen LogP contribution < -0.4 is 0 Å². The number of urea groups is 1. The van der Waals surface area contributed by atoms with Crippen molar-refractivity contribution in [2.45, 2.75) is 19.5 Å². The van der Waals surface area contributed by atoms with Gasteiger partial charge in [-0.3, -0.25) is 4.79 Å². The van der Waals surface area contributed by atoms with Gasteiger partial charge in [-0.1, -0.05) is 48.0 Å². The van der Waals surface area contributed by atoms with Crippen LogP contribution in [0.4, 0.5) is 4.79 Å². The Morgan fingerprint density at radius 3 is 2.56 bits per heavy atom. The van der Waals surface area contributed by atoms with Gasteiger partial charge in [-0.15, -0.1) is 0 Å². The number of benzene rings is 2. The number of carbonyl (C=O) groups is 2. The molecule has 0 aliphatic carbocycles. The molecule has 27 heavy (non-hydrogen) atoms. The summed E-state index contributed by atoms with van der Waals surface area (Å²) >= 11 is 6.02. The Bertz CT molecular complexity index is 870. The maximum Gasteiger partial charge on any atom is 0.320 e. The molecule has 0 spiro atoms. The van der Waals surface area contributed by atoms with Gasteiger partial charge >= 0.3 is 6.03 Å². The van der Waals surface area contributed by atoms with Crippen LogP contribution in [0.3, 0.4) is 0 Å². The Morgan fingerprint density at radius 1 is 0.963 bits per heavy atom. The number of rotatable bonds is 4. The van der Waals surface area contributed by atoms with E-state index in [9.17, 15) is 9.59 Å². The first kappa shape index (κ1) is 17.9. The van der Waals surface area contributed by atoms with Crippen molar-refractivity contribution >= 4 is 23.5 Å². The van der Waals surface area contributed by atoms with Crippen LogP contribution in [0.2, 0.25) is 5.02 Å². The van der Waals surface area contributed by atoms with Crippen molar-refractivity contribution in [3.8, 4) is 0 Å². The first-order chi connectivity index (χ1) is 13.1. The molecule has 0 bridgehead atoms. The molecule has 2 heterocycles. The monoisotopic (exact) mass is 383 g/mol. The highest BCUT2D eigenvalue weighted by molar-refractivity contribution is 6.30. The molecule has 4 rings (SSSR count). The van der Waals surface area contributed by atoms with Crippen molar-refractivity contribution in [1.29, 1.82) is 0 Å². The van der Waals surface area contributed by atoms with Crippen LogP contribution in [-0.2, 0) is 24.3 Å². The van der Waals surface area contributed by atoms with E-state index in [1.54, 1.807) is 9.80 Å². The minimum absolute atomic E-state index is 0.0162. The van der Waals surface area contributed by atoms with Gasteiger partial charge in [-0.05, 0) is 35.2 Å². The van der Waals surface area contributed by atoms with Gasteiger partial charge in [0.05, 0.1) is 0 Å². The number of halogens is 1. The lowest BCUT2D eigenvalue weighted by Gasteiger charge is -2.30. The zero-order valence-electron chi connectivity index (χ0n) is 15.1. The number of amides is 3. The van der Waals surface area contributed by atoms with Crippen molar-refractivity contribution in [1.82, 2.24) is 14.7 Å². The van der Waals surface area contributed by atoms with Crippen molar-refractivity contribution in [2.24, 2.45) is 0 Å². The lowest BCUT2D eigenvalue weighted by Crippen LogP contribution is -2.44. The van der Waals surface area contributed by atoms with Gasteiger partial charge in [0, 0.05) is 37.7 Å². The molecule has 0 radical (unpaired) electrons. The molecule has 1 fully saturated rings. The molecule has 2 aliphatic rings. The molecule has 2 aliphatic heterocycles. The van der Waals surface area contributed by atoms with Crippen LogP contribution in [0.15, 0.2) is 48.5 Å². The lowest BCUT2D eigenvalue weighted by molar-refractivity contribution is -0.132. The molecule has 2 aromatic rings. The van der Waals surface area contributed by atoms with Gasteiger partial charge in [0.1, 0.15) is 6.54 Å². The standard InChI is InChI=1S/C21H22ClN3O2/c22-19-7-3-4-16(12-19)13-24-10-11-25(21(24)27)15-20(26)23-9-8-17-5-1-2-6-18(17)14-23/h1-7,12H,8-11,13-15H2. The average Bonchev–Trinajstić information content (AvgIpc) is 3.01. The number of hydrogen-bond donors (Lipinski definition) is 0. The van der Waals surface area contributed by atoms with Crippen LogP contribution in [0, 0.1) is 0 Å². The second-order valence-electron chi connectivity index (χ2n) is 7.09. The predicted molar refractivity (Wildman–Crippen MR) is 104 cm³/mol. The topological polar surface area (TPSA) is 43.9 Å². The maximum atomic E-state index is 12.7. The first-order valence-corrected chi connectivity index (χ1v) is 9.61. The Kier molecular flexibility index (Phi) is 5.03. The van der Waals surface area contributed by atoms with Gasteiger partial charge < -0.3 is 14.7 Å². The third kappa shape index (κ3) is 3.93. The van der Waals surface area contributed by atoms with E-state index < -0.39 is 0 Å². The predicted octanol–water partition coefficient (Wildman–Crippen LogP) is 3.16. The zero-order valence-corrected chi connectivity index (χ0v) is 15.9. The number of hydrogen-bond acceptors (Lipinski definition) is 2. The quantitative estimate of drug-likeness (QED) is 0.814. The van der Waals surface area contributed by atoms with Crippen LogP contribution >= 0.6 is 11.6 Å². The van der Waals surface area contributed by atoms with Gasteiger partial charge in [-0.25, -0.2) is 4.79 Å². The highest BCUT2D eigenvalue weighted by Gasteiger charge is 2.31. The van der Waals surface area contributed by atoms with Gasteiger partial charge in [0.25, 0.3) is 0 Å². The molecule has 3 amide bonds. The highest BCUT2D eigenvalue weighted by Crippen LogP contribution is 2.20. The third-order valence-corrected chi connectivity index (χ3v) is 5.49. The van der Waals surface area contributed by atoms with E-state index in [0.717, 1.165) is 12.0 Å². The SMILES string of the molecule is O=C(CN1CCN(Cc2cccc(Cl)c2)C1=O)N1CCc2ccccc2C1. The van der Waals surface area contributed by atoms with Gasteiger partial charge in [0.2, 0.25) is 5.91 Å². The smallest absolute Gasteiger partial charge is 0.320 e. The summed E-state index contributed by atoms with van der Waals surface area (Å²) < 4.78 is 0. The van der Waals surface area contributed by atoms with Gasteiger partial charge in [-0.2, -0.15) is 0 Å². The fraction of sp³-hybridized carbons (Fsp3) is 0.333. The van der Waals surface area contributed by atoms with E-state index >= 15 is 0 Å². The summed E-state index contributed by atoms with van der Waals surface area (Å²) in [4.78, 5) is 30.6. The van der Waals surface area contributed by atoms with E-state index in [4.69, 9.17) is 11.6 Å². The largest absolute Gasteiger partial charge is 0.336 e. The summed E-state index contributed by atoms with van der Waals surface area (Å²) in [5, 5.41) is 0.663. The molecule has 5 nitrogen and oxygen atoms in total. The fourth-order valence-electron chi connectivity index (χ4n) is 3.75. The molecule has 6 heteroatoms. The zero-order chi connectivity index (χ0) is 18.8. The molecular weight excluding hydrogens is 362 g/mol. The second kappa shape index (κ2) is 7.61. The number of nitrogens with zero attached hydrogens (tertiary/aromatic N) is 3. The summed E-state index contributed by atoms with van der Waals surface area (Å²) in [7, 11) is 0. The minimum atomic E-state index is -0.0827. The van der Waals surface area contributed by atoms with E-state index in [-0.39, 0.29) is 18.5 Å². The summed E-state index contributed by atoms with van der Waals surface area (Å²) in [6.07, 6.45) is 0.872. The molecular formula is C21H22ClN3O2. The molecule has 0 unspecified atom stereocenters. The van der Waals surface area contributed by atoms with Crippen LogP contribution in [0.25, 0.3) is 0 Å². The summed E-state index contributed by atoms with van der Waals surface area (Å²) in [6, 6.07) is 15.7. The molecule has 2 aromatic carbocycles. The van der Waals surface area contributed by atoms with E-state index in [2.05, 4.69) is 12.1 Å². The third-order valence-electron chi connectivity index (χ3n) is 5.25. The summed E-state index contributed by atoms with van der Waals surface area (Å²) in [5.41, 5.74) is 3.51. The normalized spacial score (nSPS) is 16.6. The molecule has 140 valence electrons. The van der Waals surface area contributed by atoms with Crippen LogP contribution in [0.1, 0.15) is 16.7 Å². The van der Waals surface area contributed by atoms with Crippen molar-refractivity contribution in [3.63, 3.8) is 0 Å². The highest BCUT2D eigenvalue weighted by atomic mass is 35.5. The number of fused-ring (bicyclic) bond motifs is 1. The summed E-state index contributed by atoms with van der Waals surface area (Å²) in [5.74, 6) is 0.0162. The Balaban J connectivity index is 1.35.